The summed E-state index contributed by atoms with van der Waals surface area (Å²) in [6, 6.07) is 4.34. The summed E-state index contributed by atoms with van der Waals surface area (Å²) in [6.07, 6.45) is 1.83. The zero-order chi connectivity index (χ0) is 24.6. The van der Waals surface area contributed by atoms with Crippen LogP contribution in [0.4, 0.5) is 13.9 Å². The molecular weight excluding hydrogens is 476 g/mol. The second kappa shape index (κ2) is 9.34. The lowest BCUT2D eigenvalue weighted by Crippen LogP contribution is -2.57. The molecule has 0 radical (unpaired) electrons. The number of carbonyl (C=O) groups excluding carboxylic acids is 1. The normalized spacial score (nSPS) is 22.6. The molecule has 1 amide bonds. The van der Waals surface area contributed by atoms with Gasteiger partial charge in [-0.15, -0.1) is 11.3 Å². The van der Waals surface area contributed by atoms with Gasteiger partial charge in [0.1, 0.15) is 24.3 Å². The molecule has 0 atom stereocenters. The van der Waals surface area contributed by atoms with Gasteiger partial charge in [0.15, 0.2) is 10.8 Å². The number of piperidine rings is 2. The Hall–Kier alpha value is -2.79. The maximum atomic E-state index is 15.7. The number of carbonyl (C=O) groups is 1. The summed E-state index contributed by atoms with van der Waals surface area (Å²) in [5.74, 6) is -0.263. The van der Waals surface area contributed by atoms with Gasteiger partial charge in [0.05, 0.1) is 11.4 Å². The molecule has 0 unspecified atom stereocenters. The molecule has 1 aromatic carbocycles. The predicted octanol–water partition coefficient (Wildman–Crippen LogP) is 3.36. The van der Waals surface area contributed by atoms with Crippen LogP contribution in [0.5, 0.6) is 5.75 Å². The van der Waals surface area contributed by atoms with Crippen LogP contribution < -0.4 is 10.5 Å². The van der Waals surface area contributed by atoms with E-state index in [0.717, 1.165) is 5.69 Å². The fourth-order valence-electron chi connectivity index (χ4n) is 5.26. The zero-order valence-corrected chi connectivity index (χ0v) is 20.5. The molecule has 3 aliphatic heterocycles. The molecule has 4 heterocycles. The number of nitrogen functional groups attached to an aromatic ring is 1. The molecule has 0 aliphatic carbocycles. The van der Waals surface area contributed by atoms with Crippen LogP contribution >= 0.6 is 11.3 Å². The molecule has 8 nitrogen and oxygen atoms in total. The summed E-state index contributed by atoms with van der Waals surface area (Å²) >= 11 is 1.39. The quantitative estimate of drug-likeness (QED) is 0.641. The number of alkyl halides is 1. The number of anilines is 1. The number of aromatic nitrogens is 1. The van der Waals surface area contributed by atoms with Crippen molar-refractivity contribution < 1.29 is 23.1 Å². The molecule has 3 aliphatic rings. The first-order valence-electron chi connectivity index (χ1n) is 11.8. The van der Waals surface area contributed by atoms with Gasteiger partial charge in [-0.1, -0.05) is 5.16 Å². The van der Waals surface area contributed by atoms with Crippen molar-refractivity contribution in [2.75, 3.05) is 39.0 Å². The number of halogens is 2. The summed E-state index contributed by atoms with van der Waals surface area (Å²) in [7, 11) is 1.45. The Morgan fingerprint density at radius 2 is 2.00 bits per heavy atom. The van der Waals surface area contributed by atoms with Gasteiger partial charge in [0, 0.05) is 75.8 Å². The van der Waals surface area contributed by atoms with Crippen LogP contribution in [0.3, 0.4) is 0 Å². The monoisotopic (exact) mass is 505 g/mol. The van der Waals surface area contributed by atoms with E-state index in [9.17, 15) is 9.18 Å². The lowest BCUT2D eigenvalue weighted by atomic mass is 9.81. The molecule has 188 valence electrons. The number of amides is 1. The van der Waals surface area contributed by atoms with Crippen LogP contribution in [0.1, 0.15) is 43.4 Å². The minimum atomic E-state index is -1.86. The Morgan fingerprint density at radius 3 is 2.66 bits per heavy atom. The molecule has 2 N–H and O–H groups in total. The fraction of sp³-hybridized carbons (Fsp3) is 0.542. The van der Waals surface area contributed by atoms with Crippen molar-refractivity contribution in [2.45, 2.75) is 49.9 Å². The summed E-state index contributed by atoms with van der Waals surface area (Å²) in [5.41, 5.74) is 5.32. The number of thiazole rings is 1. The molecule has 1 aromatic heterocycles. The topological polar surface area (TPSA) is 93.3 Å². The van der Waals surface area contributed by atoms with E-state index in [2.05, 4.69) is 15.0 Å². The van der Waals surface area contributed by atoms with Crippen LogP contribution in [0, 0.1) is 5.82 Å². The fourth-order valence-corrected chi connectivity index (χ4v) is 5.82. The Kier molecular flexibility index (Phi) is 6.39. The van der Waals surface area contributed by atoms with Crippen molar-refractivity contribution in [2.24, 2.45) is 5.16 Å². The standard InChI is InChI=1S/C24H29F2N5O3S/c1-33-29-19-13-23(34-20-3-2-16(25)12-18(19)20)4-10-31(11-5-23)21(32)24(26)6-8-30(9-7-24)14-17-15-35-22(27)28-17/h2-3,12,15H,4-11,13-14H2,1H3,(H2,27,28). The third kappa shape index (κ3) is 4.84. The molecule has 35 heavy (non-hydrogen) atoms. The maximum Gasteiger partial charge on any atom is 0.260 e. The predicted molar refractivity (Wildman–Crippen MR) is 129 cm³/mol. The number of hydrogen-bond donors (Lipinski definition) is 1. The van der Waals surface area contributed by atoms with Crippen molar-refractivity contribution in [1.29, 1.82) is 0 Å². The highest BCUT2D eigenvalue weighted by Crippen LogP contribution is 2.41. The van der Waals surface area contributed by atoms with Gasteiger partial charge in [0.2, 0.25) is 0 Å². The smallest absolute Gasteiger partial charge is 0.260 e. The summed E-state index contributed by atoms with van der Waals surface area (Å²) in [5, 5.41) is 6.54. The lowest BCUT2D eigenvalue weighted by Gasteiger charge is -2.46. The van der Waals surface area contributed by atoms with E-state index in [1.807, 2.05) is 5.38 Å². The maximum absolute atomic E-state index is 15.7. The van der Waals surface area contributed by atoms with Crippen molar-refractivity contribution in [3.8, 4) is 5.75 Å². The zero-order valence-electron chi connectivity index (χ0n) is 19.6. The van der Waals surface area contributed by atoms with Crippen molar-refractivity contribution in [1.82, 2.24) is 14.8 Å². The largest absolute Gasteiger partial charge is 0.486 e. The number of nitrogens with zero attached hydrogens (tertiary/aromatic N) is 4. The molecule has 0 saturated carbocycles. The molecule has 2 saturated heterocycles. The van der Waals surface area contributed by atoms with E-state index >= 15 is 4.39 Å². The third-order valence-electron chi connectivity index (χ3n) is 7.22. The summed E-state index contributed by atoms with van der Waals surface area (Å²) in [4.78, 5) is 26.2. The Morgan fingerprint density at radius 1 is 1.26 bits per heavy atom. The van der Waals surface area contributed by atoms with Gasteiger partial charge < -0.3 is 20.2 Å². The Labute approximate surface area is 206 Å². The molecule has 11 heteroatoms. The minimum absolute atomic E-state index is 0.160. The Balaban J connectivity index is 1.20. The number of likely N-dealkylation sites (tertiary alicyclic amines) is 2. The highest BCUT2D eigenvalue weighted by molar-refractivity contribution is 7.13. The van der Waals surface area contributed by atoms with E-state index in [-0.39, 0.29) is 18.7 Å². The number of benzene rings is 1. The van der Waals surface area contributed by atoms with Crippen molar-refractivity contribution >= 4 is 28.1 Å². The number of rotatable bonds is 4. The molecule has 2 fully saturated rings. The second-order valence-electron chi connectivity index (χ2n) is 9.53. The summed E-state index contributed by atoms with van der Waals surface area (Å²) < 4.78 is 35.8. The van der Waals surface area contributed by atoms with Gasteiger partial charge in [-0.3, -0.25) is 9.69 Å². The van der Waals surface area contributed by atoms with Gasteiger partial charge in [-0.2, -0.15) is 0 Å². The van der Waals surface area contributed by atoms with Crippen LogP contribution in [0.15, 0.2) is 28.7 Å². The van der Waals surface area contributed by atoms with Gasteiger partial charge in [-0.25, -0.2) is 13.8 Å². The number of nitrogens with two attached hydrogens (primary N) is 1. The molecule has 0 bridgehead atoms. The first kappa shape index (κ1) is 23.9. The number of oxime groups is 1. The second-order valence-corrected chi connectivity index (χ2v) is 10.4. The van der Waals surface area contributed by atoms with Crippen molar-refractivity contribution in [3.05, 3.63) is 40.7 Å². The number of hydrogen-bond acceptors (Lipinski definition) is 8. The van der Waals surface area contributed by atoms with Gasteiger partial charge in [0.25, 0.3) is 5.91 Å². The van der Waals surface area contributed by atoms with Gasteiger partial charge in [-0.05, 0) is 18.2 Å². The molecule has 2 aromatic rings. The highest BCUT2D eigenvalue weighted by Gasteiger charge is 2.48. The lowest BCUT2D eigenvalue weighted by molar-refractivity contribution is -0.151. The van der Waals surface area contributed by atoms with Crippen LogP contribution in [0.2, 0.25) is 0 Å². The Bertz CT molecular complexity index is 1120. The SMILES string of the molecule is CON=C1CC2(CCN(C(=O)C3(F)CCN(Cc4csc(N)n4)CC3)CC2)Oc2ccc(F)cc21. The molecule has 5 rings (SSSR count). The average Bonchev–Trinajstić information content (AvgIpc) is 3.26. The molecular formula is C24H29F2N5O3S. The minimum Gasteiger partial charge on any atom is -0.486 e. The van der Waals surface area contributed by atoms with E-state index in [0.29, 0.717) is 74.1 Å². The third-order valence-corrected chi connectivity index (χ3v) is 7.94. The van der Waals surface area contributed by atoms with E-state index in [4.69, 9.17) is 15.3 Å². The van der Waals surface area contributed by atoms with Crippen molar-refractivity contribution in [3.63, 3.8) is 0 Å². The van der Waals surface area contributed by atoms with Crippen LogP contribution in [-0.2, 0) is 16.2 Å². The number of ether oxygens (including phenoxy) is 1. The van der Waals surface area contributed by atoms with E-state index in [1.165, 1.54) is 30.6 Å². The van der Waals surface area contributed by atoms with Gasteiger partial charge >= 0.3 is 0 Å². The van der Waals surface area contributed by atoms with E-state index in [1.54, 1.807) is 11.0 Å². The van der Waals surface area contributed by atoms with Crippen LogP contribution in [-0.4, -0.2) is 71.0 Å². The first-order valence-corrected chi connectivity index (χ1v) is 12.7. The summed E-state index contributed by atoms with van der Waals surface area (Å²) in [6.45, 7) is 2.37. The average molecular weight is 506 g/mol. The molecule has 1 spiro atoms. The first-order chi connectivity index (χ1) is 16.8. The number of fused-ring (bicyclic) bond motifs is 1. The van der Waals surface area contributed by atoms with Crippen LogP contribution in [0.25, 0.3) is 0 Å². The highest BCUT2D eigenvalue weighted by atomic mass is 32.1. The van der Waals surface area contributed by atoms with E-state index < -0.39 is 17.2 Å².